The molecular weight excluding hydrogens is 264 g/mol. The zero-order chi connectivity index (χ0) is 14.9. The molecule has 1 aliphatic heterocycles. The van der Waals surface area contributed by atoms with E-state index in [0.717, 1.165) is 56.8 Å². The Labute approximate surface area is 127 Å². The Balaban J connectivity index is 1.53. The van der Waals surface area contributed by atoms with Crippen LogP contribution in [0.15, 0.2) is 12.4 Å². The SMILES string of the molecule is Cc1cc(N(C)C2CCN(CC3(O)CCC3)CC2)ncn1. The zero-order valence-electron chi connectivity index (χ0n) is 13.1. The first-order valence-electron chi connectivity index (χ1n) is 8.02. The van der Waals surface area contributed by atoms with Crippen molar-refractivity contribution in [3.63, 3.8) is 0 Å². The maximum atomic E-state index is 10.3. The molecule has 0 atom stereocenters. The van der Waals surface area contributed by atoms with Crippen molar-refractivity contribution < 1.29 is 5.11 Å². The number of nitrogens with zero attached hydrogens (tertiary/aromatic N) is 4. The average Bonchev–Trinajstić information content (AvgIpc) is 2.46. The van der Waals surface area contributed by atoms with Gasteiger partial charge in [0.2, 0.25) is 0 Å². The molecule has 21 heavy (non-hydrogen) atoms. The molecule has 1 N–H and O–H groups in total. The van der Waals surface area contributed by atoms with Gasteiger partial charge in [-0.3, -0.25) is 0 Å². The summed E-state index contributed by atoms with van der Waals surface area (Å²) in [6.45, 7) is 5.00. The summed E-state index contributed by atoms with van der Waals surface area (Å²) in [5, 5.41) is 10.3. The lowest BCUT2D eigenvalue weighted by atomic mass is 9.79. The fraction of sp³-hybridized carbons (Fsp3) is 0.750. The highest BCUT2D eigenvalue weighted by Gasteiger charge is 2.37. The van der Waals surface area contributed by atoms with E-state index in [0.29, 0.717) is 6.04 Å². The summed E-state index contributed by atoms with van der Waals surface area (Å²) in [5.74, 6) is 1.01. The molecule has 3 rings (SSSR count). The van der Waals surface area contributed by atoms with E-state index in [2.05, 4.69) is 26.8 Å². The van der Waals surface area contributed by atoms with E-state index in [1.165, 1.54) is 6.42 Å². The van der Waals surface area contributed by atoms with Crippen LogP contribution in [0, 0.1) is 6.92 Å². The Kier molecular flexibility index (Phi) is 4.13. The summed E-state index contributed by atoms with van der Waals surface area (Å²) >= 11 is 0. The maximum Gasteiger partial charge on any atom is 0.132 e. The van der Waals surface area contributed by atoms with E-state index >= 15 is 0 Å². The first-order chi connectivity index (χ1) is 10.1. The number of aliphatic hydroxyl groups is 1. The lowest BCUT2D eigenvalue weighted by Crippen LogP contribution is -2.52. The number of hydrogen-bond acceptors (Lipinski definition) is 5. The number of aryl methyl sites for hydroxylation is 1. The van der Waals surface area contributed by atoms with Crippen LogP contribution < -0.4 is 4.90 Å². The van der Waals surface area contributed by atoms with E-state index < -0.39 is 0 Å². The number of likely N-dealkylation sites (tertiary alicyclic amines) is 1. The van der Waals surface area contributed by atoms with Gasteiger partial charge in [0.1, 0.15) is 12.1 Å². The number of piperidine rings is 1. The third-order valence-corrected chi connectivity index (χ3v) is 5.06. The summed E-state index contributed by atoms with van der Waals surface area (Å²) in [7, 11) is 2.13. The van der Waals surface area contributed by atoms with Gasteiger partial charge in [0, 0.05) is 44.5 Å². The molecule has 5 nitrogen and oxygen atoms in total. The van der Waals surface area contributed by atoms with Gasteiger partial charge in [0.05, 0.1) is 5.60 Å². The fourth-order valence-corrected chi connectivity index (χ4v) is 3.44. The molecule has 2 aliphatic rings. The molecule has 116 valence electrons. The van der Waals surface area contributed by atoms with Crippen molar-refractivity contribution in [2.45, 2.75) is 50.7 Å². The third kappa shape index (κ3) is 3.35. The van der Waals surface area contributed by atoms with E-state index in [1.54, 1.807) is 6.33 Å². The molecule has 0 unspecified atom stereocenters. The predicted molar refractivity (Wildman–Crippen MR) is 83.4 cm³/mol. The molecule has 1 aliphatic carbocycles. The average molecular weight is 290 g/mol. The largest absolute Gasteiger partial charge is 0.389 e. The van der Waals surface area contributed by atoms with Crippen LogP contribution in [0.4, 0.5) is 5.82 Å². The van der Waals surface area contributed by atoms with Gasteiger partial charge in [-0.15, -0.1) is 0 Å². The second-order valence-corrected chi connectivity index (χ2v) is 6.71. The van der Waals surface area contributed by atoms with Crippen molar-refractivity contribution in [2.24, 2.45) is 0 Å². The Hall–Kier alpha value is -1.20. The van der Waals surface area contributed by atoms with Gasteiger partial charge < -0.3 is 14.9 Å². The predicted octanol–water partition coefficient (Wildman–Crippen LogP) is 1.60. The van der Waals surface area contributed by atoms with Crippen molar-refractivity contribution in [3.05, 3.63) is 18.1 Å². The van der Waals surface area contributed by atoms with Crippen LogP contribution in [0.1, 0.15) is 37.8 Å². The van der Waals surface area contributed by atoms with Crippen LogP contribution in [0.2, 0.25) is 0 Å². The molecule has 2 heterocycles. The van der Waals surface area contributed by atoms with Gasteiger partial charge in [-0.2, -0.15) is 0 Å². The van der Waals surface area contributed by atoms with Crippen molar-refractivity contribution in [1.82, 2.24) is 14.9 Å². The lowest BCUT2D eigenvalue weighted by Gasteiger charge is -2.44. The minimum Gasteiger partial charge on any atom is -0.389 e. The highest BCUT2D eigenvalue weighted by Crippen LogP contribution is 2.33. The van der Waals surface area contributed by atoms with Crippen molar-refractivity contribution in [3.8, 4) is 0 Å². The molecule has 0 bridgehead atoms. The molecule has 0 radical (unpaired) electrons. The van der Waals surface area contributed by atoms with Crippen LogP contribution >= 0.6 is 0 Å². The quantitative estimate of drug-likeness (QED) is 0.913. The van der Waals surface area contributed by atoms with Gasteiger partial charge in [-0.05, 0) is 39.0 Å². The number of aromatic nitrogens is 2. The molecule has 2 fully saturated rings. The topological polar surface area (TPSA) is 52.5 Å². The van der Waals surface area contributed by atoms with Crippen LogP contribution in [0.25, 0.3) is 0 Å². The van der Waals surface area contributed by atoms with Gasteiger partial charge in [-0.1, -0.05) is 0 Å². The van der Waals surface area contributed by atoms with Crippen LogP contribution in [-0.4, -0.2) is 58.3 Å². The zero-order valence-corrected chi connectivity index (χ0v) is 13.1. The van der Waals surface area contributed by atoms with Crippen molar-refractivity contribution >= 4 is 5.82 Å². The molecule has 1 aromatic rings. The minimum absolute atomic E-state index is 0.386. The third-order valence-electron chi connectivity index (χ3n) is 5.06. The van der Waals surface area contributed by atoms with Crippen LogP contribution in [-0.2, 0) is 0 Å². The molecular formula is C16H26N4O. The number of rotatable bonds is 4. The number of hydrogen-bond donors (Lipinski definition) is 1. The van der Waals surface area contributed by atoms with E-state index in [4.69, 9.17) is 0 Å². The molecule has 0 spiro atoms. The number of anilines is 1. The van der Waals surface area contributed by atoms with Gasteiger partial charge >= 0.3 is 0 Å². The summed E-state index contributed by atoms with van der Waals surface area (Å²) in [6.07, 6.45) is 7.05. The monoisotopic (exact) mass is 290 g/mol. The minimum atomic E-state index is -0.386. The molecule has 1 saturated carbocycles. The number of β-amino-alcohol motifs (C(OH)–C–C–N with tert-alkyl or cyclic N) is 1. The Morgan fingerprint density at radius 2 is 2.05 bits per heavy atom. The standard InChI is InChI=1S/C16H26N4O/c1-13-10-15(18-12-17-13)19(2)14-4-8-20(9-5-14)11-16(21)6-3-7-16/h10,12,14,21H,3-9,11H2,1-2H3. The fourth-order valence-electron chi connectivity index (χ4n) is 3.44. The lowest BCUT2D eigenvalue weighted by molar-refractivity contribution is -0.0621. The van der Waals surface area contributed by atoms with Gasteiger partial charge in [0.15, 0.2) is 0 Å². The van der Waals surface area contributed by atoms with E-state index in [9.17, 15) is 5.11 Å². The van der Waals surface area contributed by atoms with Crippen molar-refractivity contribution in [2.75, 3.05) is 31.6 Å². The smallest absolute Gasteiger partial charge is 0.132 e. The first-order valence-corrected chi connectivity index (χ1v) is 8.02. The molecule has 0 amide bonds. The molecule has 1 aromatic heterocycles. The summed E-state index contributed by atoms with van der Waals surface area (Å²) in [6, 6.07) is 2.58. The summed E-state index contributed by atoms with van der Waals surface area (Å²) in [5.41, 5.74) is 0.624. The molecule has 1 saturated heterocycles. The van der Waals surface area contributed by atoms with Gasteiger partial charge in [-0.25, -0.2) is 9.97 Å². The maximum absolute atomic E-state index is 10.3. The second-order valence-electron chi connectivity index (χ2n) is 6.71. The van der Waals surface area contributed by atoms with Gasteiger partial charge in [0.25, 0.3) is 0 Å². The Morgan fingerprint density at radius 1 is 1.33 bits per heavy atom. The van der Waals surface area contributed by atoms with E-state index in [1.807, 2.05) is 13.0 Å². The summed E-state index contributed by atoms with van der Waals surface area (Å²) in [4.78, 5) is 13.2. The highest BCUT2D eigenvalue weighted by molar-refractivity contribution is 5.39. The Morgan fingerprint density at radius 3 is 2.62 bits per heavy atom. The first kappa shape index (κ1) is 14.7. The highest BCUT2D eigenvalue weighted by atomic mass is 16.3. The van der Waals surface area contributed by atoms with E-state index in [-0.39, 0.29) is 5.60 Å². The van der Waals surface area contributed by atoms with Crippen LogP contribution in [0.3, 0.4) is 0 Å². The van der Waals surface area contributed by atoms with Crippen molar-refractivity contribution in [1.29, 1.82) is 0 Å². The second kappa shape index (κ2) is 5.89. The molecule has 0 aromatic carbocycles. The molecule has 5 heteroatoms. The summed E-state index contributed by atoms with van der Waals surface area (Å²) < 4.78 is 0. The van der Waals surface area contributed by atoms with Crippen LogP contribution in [0.5, 0.6) is 0 Å². The normalized spacial score (nSPS) is 22.8. The Bertz CT molecular complexity index is 481.